The molecule has 0 aliphatic carbocycles. The summed E-state index contributed by atoms with van der Waals surface area (Å²) < 4.78 is 84.2. The highest BCUT2D eigenvalue weighted by atomic mass is 19.2. The van der Waals surface area contributed by atoms with Gasteiger partial charge in [-0.15, -0.1) is 0 Å². The summed E-state index contributed by atoms with van der Waals surface area (Å²) in [4.78, 5) is 0. The van der Waals surface area contributed by atoms with Crippen molar-refractivity contribution in [2.45, 2.75) is 58.5 Å². The highest BCUT2D eigenvalue weighted by Gasteiger charge is 2.24. The molecule has 198 valence electrons. The summed E-state index contributed by atoms with van der Waals surface area (Å²) in [5.41, 5.74) is 0.379. The molecule has 2 nitrogen and oxygen atoms in total. The van der Waals surface area contributed by atoms with E-state index in [9.17, 15) is 22.0 Å². The molecular formula is C30H31F5O2. The molecule has 3 aromatic rings. The van der Waals surface area contributed by atoms with E-state index in [-0.39, 0.29) is 36.9 Å². The fourth-order valence-corrected chi connectivity index (χ4v) is 4.94. The maximum absolute atomic E-state index is 14.9. The second kappa shape index (κ2) is 12.1. The summed E-state index contributed by atoms with van der Waals surface area (Å²) >= 11 is 0. The zero-order valence-electron chi connectivity index (χ0n) is 21.1. The molecule has 4 rings (SSSR count). The van der Waals surface area contributed by atoms with Crippen LogP contribution in [-0.2, 0) is 17.6 Å². The van der Waals surface area contributed by atoms with Gasteiger partial charge in [0.05, 0.1) is 19.3 Å². The molecule has 7 heteroatoms. The smallest absolute Gasteiger partial charge is 0.201 e. The van der Waals surface area contributed by atoms with Crippen molar-refractivity contribution >= 4 is 0 Å². The van der Waals surface area contributed by atoms with Crippen LogP contribution >= 0.6 is 0 Å². The van der Waals surface area contributed by atoms with E-state index in [1.807, 2.05) is 6.07 Å². The monoisotopic (exact) mass is 518 g/mol. The Hall–Kier alpha value is -2.93. The van der Waals surface area contributed by atoms with Gasteiger partial charge < -0.3 is 9.47 Å². The third-order valence-corrected chi connectivity index (χ3v) is 6.98. The molecule has 2 unspecified atom stereocenters. The Bertz CT molecular complexity index is 1240. The van der Waals surface area contributed by atoms with E-state index in [0.29, 0.717) is 18.1 Å². The Balaban J connectivity index is 1.45. The van der Waals surface area contributed by atoms with Gasteiger partial charge >= 0.3 is 0 Å². The van der Waals surface area contributed by atoms with Gasteiger partial charge in [-0.05, 0) is 79.8 Å². The number of ether oxygens (including phenoxy) is 2. The zero-order valence-corrected chi connectivity index (χ0v) is 21.1. The molecule has 1 heterocycles. The van der Waals surface area contributed by atoms with Gasteiger partial charge in [-0.25, -0.2) is 17.6 Å². The van der Waals surface area contributed by atoms with Crippen LogP contribution < -0.4 is 4.74 Å². The highest BCUT2D eigenvalue weighted by molar-refractivity contribution is 5.66. The Morgan fingerprint density at radius 2 is 1.46 bits per heavy atom. The van der Waals surface area contributed by atoms with Crippen molar-refractivity contribution in [3.05, 3.63) is 88.2 Å². The molecule has 37 heavy (non-hydrogen) atoms. The molecule has 0 saturated carbocycles. The summed E-state index contributed by atoms with van der Waals surface area (Å²) in [6.45, 7) is 4.57. The fraction of sp³-hybridized carbons (Fsp3) is 0.400. The average molecular weight is 519 g/mol. The van der Waals surface area contributed by atoms with Gasteiger partial charge in [0.2, 0.25) is 5.82 Å². The predicted molar refractivity (Wildman–Crippen MR) is 133 cm³/mol. The molecule has 1 fully saturated rings. The second-order valence-corrected chi connectivity index (χ2v) is 9.48. The van der Waals surface area contributed by atoms with Crippen LogP contribution in [0, 0.1) is 35.0 Å². The van der Waals surface area contributed by atoms with E-state index in [2.05, 4.69) is 6.92 Å². The van der Waals surface area contributed by atoms with Gasteiger partial charge in [-0.1, -0.05) is 37.6 Å². The third-order valence-electron chi connectivity index (χ3n) is 6.98. The van der Waals surface area contributed by atoms with E-state index in [0.717, 1.165) is 37.3 Å². The van der Waals surface area contributed by atoms with Crippen molar-refractivity contribution in [1.82, 2.24) is 0 Å². The molecule has 0 N–H and O–H groups in total. The number of rotatable bonds is 9. The molecule has 2 atom stereocenters. The Morgan fingerprint density at radius 3 is 2.11 bits per heavy atom. The van der Waals surface area contributed by atoms with Gasteiger partial charge in [0.1, 0.15) is 5.82 Å². The van der Waals surface area contributed by atoms with Crippen LogP contribution in [0.3, 0.4) is 0 Å². The minimum absolute atomic E-state index is 0.0223. The average Bonchev–Trinajstić information content (AvgIpc) is 2.90. The number of benzene rings is 3. The number of hydrogen-bond acceptors (Lipinski definition) is 2. The largest absolute Gasteiger partial charge is 0.491 e. The topological polar surface area (TPSA) is 18.5 Å². The molecule has 3 aromatic carbocycles. The molecule has 1 saturated heterocycles. The summed E-state index contributed by atoms with van der Waals surface area (Å²) in [6.07, 6.45) is 4.20. The highest BCUT2D eigenvalue weighted by Crippen LogP contribution is 2.35. The maximum Gasteiger partial charge on any atom is 0.201 e. The molecule has 1 aliphatic rings. The third kappa shape index (κ3) is 5.98. The van der Waals surface area contributed by atoms with Crippen molar-refractivity contribution in [1.29, 1.82) is 0 Å². The first-order valence-electron chi connectivity index (χ1n) is 12.8. The van der Waals surface area contributed by atoms with Crippen LogP contribution in [0.2, 0.25) is 0 Å². The molecule has 0 bridgehead atoms. The first kappa shape index (κ1) is 27.1. The standard InChI is InChI=1S/C30H31F5O2/c1-3-5-18-6-14-25(37-17-18)21-10-8-19(24(31)16-21)7-9-20-11-12-22(28(33)27(20)32)23-13-15-26(36-4-2)30(35)29(23)34/h8,10-13,15-16,18,25H,3-7,9,14,17H2,1-2H3. The SMILES string of the molecule is CCCC1CCC(c2ccc(CCc3ccc(-c4ccc(OCC)c(F)c4F)c(F)c3F)c(F)c2)OC1. The summed E-state index contributed by atoms with van der Waals surface area (Å²) in [7, 11) is 0. The normalized spacial score (nSPS) is 17.7. The van der Waals surface area contributed by atoms with E-state index in [1.54, 1.807) is 13.0 Å². The fourth-order valence-electron chi connectivity index (χ4n) is 4.94. The van der Waals surface area contributed by atoms with Crippen LogP contribution in [0.5, 0.6) is 5.75 Å². The van der Waals surface area contributed by atoms with E-state index >= 15 is 0 Å². The van der Waals surface area contributed by atoms with E-state index in [1.165, 1.54) is 24.3 Å². The molecule has 1 aliphatic heterocycles. The van der Waals surface area contributed by atoms with Crippen molar-refractivity contribution < 1.29 is 31.4 Å². The number of hydrogen-bond donors (Lipinski definition) is 0. The Kier molecular flexibility index (Phi) is 8.85. The van der Waals surface area contributed by atoms with Crippen molar-refractivity contribution in [3.63, 3.8) is 0 Å². The van der Waals surface area contributed by atoms with Crippen LogP contribution in [-0.4, -0.2) is 13.2 Å². The van der Waals surface area contributed by atoms with Gasteiger partial charge in [-0.2, -0.15) is 4.39 Å². The second-order valence-electron chi connectivity index (χ2n) is 9.48. The Labute approximate surface area is 214 Å². The lowest BCUT2D eigenvalue weighted by atomic mass is 9.91. The zero-order chi connectivity index (χ0) is 26.5. The number of halogens is 5. The predicted octanol–water partition coefficient (Wildman–Crippen LogP) is 8.50. The van der Waals surface area contributed by atoms with Crippen LogP contribution in [0.1, 0.15) is 62.3 Å². The first-order valence-corrected chi connectivity index (χ1v) is 12.8. The Morgan fingerprint density at radius 1 is 0.784 bits per heavy atom. The molecular weight excluding hydrogens is 487 g/mol. The minimum atomic E-state index is -1.32. The van der Waals surface area contributed by atoms with Crippen LogP contribution in [0.15, 0.2) is 42.5 Å². The minimum Gasteiger partial charge on any atom is -0.491 e. The van der Waals surface area contributed by atoms with Gasteiger partial charge in [-0.3, -0.25) is 0 Å². The van der Waals surface area contributed by atoms with E-state index in [4.69, 9.17) is 9.47 Å². The molecule has 0 spiro atoms. The lowest BCUT2D eigenvalue weighted by Gasteiger charge is -2.29. The lowest BCUT2D eigenvalue weighted by molar-refractivity contribution is -0.0196. The molecule has 0 amide bonds. The van der Waals surface area contributed by atoms with Crippen molar-refractivity contribution in [2.75, 3.05) is 13.2 Å². The van der Waals surface area contributed by atoms with Gasteiger partial charge in [0.25, 0.3) is 0 Å². The number of aryl methyl sites for hydroxylation is 2. The quantitative estimate of drug-likeness (QED) is 0.265. The summed E-state index contributed by atoms with van der Waals surface area (Å²) in [6, 6.07) is 9.80. The van der Waals surface area contributed by atoms with Crippen molar-refractivity contribution in [2.24, 2.45) is 5.92 Å². The molecule has 0 aromatic heterocycles. The summed E-state index contributed by atoms with van der Waals surface area (Å²) in [5.74, 6) is -5.20. The molecule has 0 radical (unpaired) electrons. The van der Waals surface area contributed by atoms with Crippen molar-refractivity contribution in [3.8, 4) is 16.9 Å². The van der Waals surface area contributed by atoms with Crippen LogP contribution in [0.4, 0.5) is 22.0 Å². The van der Waals surface area contributed by atoms with Gasteiger partial charge in [0, 0.05) is 11.1 Å². The summed E-state index contributed by atoms with van der Waals surface area (Å²) in [5, 5.41) is 0. The lowest BCUT2D eigenvalue weighted by Crippen LogP contribution is -2.20. The maximum atomic E-state index is 14.9. The first-order chi connectivity index (χ1) is 17.8. The van der Waals surface area contributed by atoms with Gasteiger partial charge in [0.15, 0.2) is 23.2 Å². The van der Waals surface area contributed by atoms with E-state index < -0.39 is 40.2 Å². The van der Waals surface area contributed by atoms with Crippen LogP contribution in [0.25, 0.3) is 11.1 Å².